The highest BCUT2D eigenvalue weighted by atomic mass is 31.0. The molecular formula is C69H85N14O13P. The summed E-state index contributed by atoms with van der Waals surface area (Å²) in [6.45, 7) is 3.75. The third kappa shape index (κ3) is 20.1. The Bertz CT molecular complexity index is 3930. The number of ether oxygens (including phenoxy) is 2. The lowest BCUT2D eigenvalue weighted by Gasteiger charge is -2.32. The molecule has 0 aliphatic carbocycles. The van der Waals surface area contributed by atoms with Gasteiger partial charge in [0, 0.05) is 111 Å². The minimum atomic E-state index is -1.76. The molecule has 28 heteroatoms. The molecule has 0 bridgehead atoms. The number of H-pyrrole nitrogens is 3. The van der Waals surface area contributed by atoms with Crippen LogP contribution >= 0.6 is 9.24 Å². The van der Waals surface area contributed by atoms with Crippen LogP contribution in [0.15, 0.2) is 110 Å². The van der Waals surface area contributed by atoms with Crippen molar-refractivity contribution in [2.45, 2.75) is 127 Å². The van der Waals surface area contributed by atoms with Gasteiger partial charge in [-0.2, -0.15) is 0 Å². The number of hydrogen-bond acceptors (Lipinski definition) is 15. The van der Waals surface area contributed by atoms with Crippen LogP contribution in [0.2, 0.25) is 0 Å². The van der Waals surface area contributed by atoms with Gasteiger partial charge in [0.2, 0.25) is 53.2 Å². The molecule has 1 fully saturated rings. The number of carbonyl (C=O) groups excluding carboxylic acids is 11. The van der Waals surface area contributed by atoms with Crippen LogP contribution in [-0.4, -0.2) is 185 Å². The second-order valence-electron chi connectivity index (χ2n) is 24.0. The SMILES string of the molecule is CN[C@@H](C)C(=O)NCC(=O)NC(Cc1c[nH]c2ccc(P)cc12)C(=O)N(C)[C@@H](Cc1c[nH]c2ccc(C)cc12)C(=O)N[C@@H](CC(=O)OC)C(=O)N[C@@H](Cc1cnc[nH]1)C(=O)N[C@@H](Cc1ccc(OC)cc1)C(=O)N1CCCC1C(=O)NCCc1ccc(CNC(=O)CCC=O)cc1. The molecule has 514 valence electrons. The number of benzene rings is 4. The maximum atomic E-state index is 15.4. The maximum absolute atomic E-state index is 15.4. The molecule has 1 aliphatic heterocycles. The molecule has 3 unspecified atom stereocenters. The topological polar surface area (TPSA) is 369 Å². The van der Waals surface area contributed by atoms with Crippen LogP contribution in [0.3, 0.4) is 0 Å². The Balaban J connectivity index is 1.04. The molecule has 0 radical (unpaired) electrons. The number of nitrogens with zero attached hydrogens (tertiary/aromatic N) is 3. The van der Waals surface area contributed by atoms with E-state index in [1.807, 2.05) is 67.6 Å². The van der Waals surface area contributed by atoms with E-state index < -0.39 is 108 Å². The van der Waals surface area contributed by atoms with Crippen molar-refractivity contribution in [1.82, 2.24) is 72.3 Å². The van der Waals surface area contributed by atoms with Gasteiger partial charge in [-0.15, -0.1) is 9.24 Å². The highest BCUT2D eigenvalue weighted by Gasteiger charge is 2.41. The summed E-state index contributed by atoms with van der Waals surface area (Å²) in [5.74, 6) is -6.26. The summed E-state index contributed by atoms with van der Waals surface area (Å²) in [6, 6.07) is 16.8. The van der Waals surface area contributed by atoms with E-state index in [1.54, 1.807) is 50.6 Å². The average molecular weight is 1350 g/mol. The molecular weight excluding hydrogens is 1260 g/mol. The number of likely N-dealkylation sites (N-methyl/N-ethyl adjacent to an activating group) is 2. The van der Waals surface area contributed by atoms with E-state index in [2.05, 4.69) is 71.7 Å². The smallest absolute Gasteiger partial charge is 0.308 e. The Kier molecular flexibility index (Phi) is 26.1. The summed E-state index contributed by atoms with van der Waals surface area (Å²) in [7, 11) is 8.21. The largest absolute Gasteiger partial charge is 0.497 e. The molecule has 4 heterocycles. The fourth-order valence-corrected chi connectivity index (χ4v) is 11.8. The zero-order valence-corrected chi connectivity index (χ0v) is 56.3. The van der Waals surface area contributed by atoms with Crippen molar-refractivity contribution in [2.75, 3.05) is 47.9 Å². The molecule has 3 aromatic heterocycles. The van der Waals surface area contributed by atoms with E-state index in [4.69, 9.17) is 9.47 Å². The minimum absolute atomic E-state index is 0.0646. The van der Waals surface area contributed by atoms with E-state index >= 15 is 24.0 Å². The molecule has 8 rings (SSSR count). The van der Waals surface area contributed by atoms with Crippen molar-refractivity contribution in [2.24, 2.45) is 0 Å². The Morgan fingerprint density at radius 2 is 1.37 bits per heavy atom. The normalized spacial score (nSPS) is 14.6. The Labute approximate surface area is 563 Å². The van der Waals surface area contributed by atoms with Gasteiger partial charge in [0.15, 0.2) is 0 Å². The van der Waals surface area contributed by atoms with Crippen molar-refractivity contribution in [1.29, 1.82) is 0 Å². The first-order valence-corrected chi connectivity index (χ1v) is 32.6. The van der Waals surface area contributed by atoms with Gasteiger partial charge in [0.25, 0.3) is 0 Å². The number of nitrogens with one attached hydrogen (secondary N) is 11. The molecule has 0 saturated carbocycles. The molecule has 0 spiro atoms. The first kappa shape index (κ1) is 72.6. The van der Waals surface area contributed by atoms with Crippen molar-refractivity contribution in [3.8, 4) is 5.75 Å². The van der Waals surface area contributed by atoms with Gasteiger partial charge >= 0.3 is 5.97 Å². The van der Waals surface area contributed by atoms with Gasteiger partial charge in [-0.3, -0.25) is 47.9 Å². The number of amides is 9. The fourth-order valence-electron chi connectivity index (χ4n) is 11.5. The number of aromatic amines is 3. The molecule has 97 heavy (non-hydrogen) atoms. The molecule has 7 aromatic rings. The monoisotopic (exact) mass is 1350 g/mol. The van der Waals surface area contributed by atoms with Gasteiger partial charge in [0.1, 0.15) is 48.3 Å². The third-order valence-electron chi connectivity index (χ3n) is 17.2. The van der Waals surface area contributed by atoms with E-state index in [-0.39, 0.29) is 57.5 Å². The Morgan fingerprint density at radius 3 is 2.05 bits per heavy atom. The summed E-state index contributed by atoms with van der Waals surface area (Å²) < 4.78 is 10.4. The lowest BCUT2D eigenvalue weighted by molar-refractivity contribution is -0.145. The summed E-state index contributed by atoms with van der Waals surface area (Å²) in [5.41, 5.74) is 6.40. The van der Waals surface area contributed by atoms with Crippen LogP contribution in [0.5, 0.6) is 5.75 Å². The summed E-state index contributed by atoms with van der Waals surface area (Å²) in [6.07, 6.45) is 7.14. The molecule has 1 aliphatic rings. The first-order chi connectivity index (χ1) is 46.6. The van der Waals surface area contributed by atoms with Crippen molar-refractivity contribution >= 4 is 102 Å². The van der Waals surface area contributed by atoms with Crippen molar-refractivity contribution < 1.29 is 62.2 Å². The molecule has 9 amide bonds. The number of esters is 1. The summed E-state index contributed by atoms with van der Waals surface area (Å²) in [5, 5.41) is 24.6. The van der Waals surface area contributed by atoms with Crippen molar-refractivity contribution in [3.63, 3.8) is 0 Å². The van der Waals surface area contributed by atoms with Gasteiger partial charge in [0.05, 0.1) is 39.6 Å². The number of rotatable bonds is 34. The Hall–Kier alpha value is -10.3. The number of aryl methyl sites for hydroxylation is 1. The first-order valence-electron chi connectivity index (χ1n) is 32.0. The predicted octanol–water partition coefficient (Wildman–Crippen LogP) is 1.46. The second kappa shape index (κ2) is 34.9. The van der Waals surface area contributed by atoms with Gasteiger partial charge in [-0.05, 0) is 110 Å². The number of likely N-dealkylation sites (tertiary alicyclic amines) is 1. The molecule has 1 saturated heterocycles. The number of imidazole rings is 1. The number of aromatic nitrogens is 4. The highest BCUT2D eigenvalue weighted by Crippen LogP contribution is 2.26. The van der Waals surface area contributed by atoms with E-state index in [0.29, 0.717) is 60.2 Å². The molecule has 4 aromatic carbocycles. The average Bonchev–Trinajstić information content (AvgIpc) is 1.75. The zero-order chi connectivity index (χ0) is 69.7. The quantitative estimate of drug-likeness (QED) is 0.0155. The number of carbonyl (C=O) groups is 11. The third-order valence-corrected chi connectivity index (χ3v) is 17.5. The Morgan fingerprint density at radius 1 is 0.711 bits per heavy atom. The fraction of sp³-hybridized carbons (Fsp3) is 0.391. The molecule has 11 N–H and O–H groups in total. The van der Waals surface area contributed by atoms with Crippen molar-refractivity contribution in [3.05, 3.63) is 149 Å². The van der Waals surface area contributed by atoms with Crippen LogP contribution in [0.1, 0.15) is 78.1 Å². The van der Waals surface area contributed by atoms with E-state index in [1.165, 1.54) is 31.6 Å². The lowest BCUT2D eigenvalue weighted by Crippen LogP contribution is -2.61. The predicted molar refractivity (Wildman–Crippen MR) is 365 cm³/mol. The van der Waals surface area contributed by atoms with Gasteiger partial charge in [-0.1, -0.05) is 54.1 Å². The second-order valence-corrected chi connectivity index (χ2v) is 24.7. The number of hydrogen-bond donors (Lipinski definition) is 11. The van der Waals surface area contributed by atoms with Crippen LogP contribution in [0, 0.1) is 6.92 Å². The highest BCUT2D eigenvalue weighted by molar-refractivity contribution is 7.27. The minimum Gasteiger partial charge on any atom is -0.497 e. The van der Waals surface area contributed by atoms with Gasteiger partial charge < -0.3 is 81.6 Å². The van der Waals surface area contributed by atoms with Gasteiger partial charge in [-0.25, -0.2) is 4.98 Å². The van der Waals surface area contributed by atoms with Crippen LogP contribution in [-0.2, 0) is 96.1 Å². The standard InChI is InChI=1S/C69H85N14O13P/c1-40-11-21-52-50(27-40)46(36-74-52)30-59(82(4)68(93)57(78-61(86)38-76-63(88)41(2)70-3)29-45-35-73-53-22-20-49(97)32-51(45)53)67(92)80-55(33-62(87)96-6)65(90)79-54(31-47-37-71-39-77-47)64(89)81-56(28-43-16-18-48(95-5)19-17-43)69(94)83-25-7-9-58(83)66(91)72-24-23-42-12-14-44(15-13-42)34-75-60(85)10-8-26-84/h11-22,26-27,32,35-37,39,41,54-59,70,73-74H,7-10,23-25,28-31,33-34,38,97H2,1-6H3,(H,71,77)(H,72,91)(H,75,85)(H,76,88)(H,78,86)(H,79,90)(H,80,92)(H,81,89)/t41-,54-,55-,56-,57?,58?,59-/m0/s1. The van der Waals surface area contributed by atoms with E-state index in [0.717, 1.165) is 55.8 Å². The zero-order valence-electron chi connectivity index (χ0n) is 55.1. The summed E-state index contributed by atoms with van der Waals surface area (Å²) >= 11 is 0. The maximum Gasteiger partial charge on any atom is 0.308 e. The number of fused-ring (bicyclic) bond motifs is 2. The number of methoxy groups -OCH3 is 2. The van der Waals surface area contributed by atoms with Crippen LogP contribution in [0.25, 0.3) is 21.8 Å². The summed E-state index contributed by atoms with van der Waals surface area (Å²) in [4.78, 5) is 169. The lowest BCUT2D eigenvalue weighted by atomic mass is 9.99. The van der Waals surface area contributed by atoms with Crippen LogP contribution in [0.4, 0.5) is 0 Å². The van der Waals surface area contributed by atoms with Crippen LogP contribution < -0.4 is 52.6 Å². The van der Waals surface area contributed by atoms with E-state index in [9.17, 15) is 28.8 Å². The molecule has 27 nitrogen and oxygen atoms in total. The molecule has 8 atom stereocenters. The number of aldehydes is 1.